The van der Waals surface area contributed by atoms with Gasteiger partial charge in [0, 0.05) is 38.6 Å². The molecule has 0 aliphatic carbocycles. The molecule has 3 heterocycles. The second-order valence-corrected chi connectivity index (χ2v) is 9.81. The largest absolute Gasteiger partial charge is 0.352 e. The Morgan fingerprint density at radius 3 is 2.33 bits per heavy atom. The first-order valence-corrected chi connectivity index (χ1v) is 12.2. The average Bonchev–Trinajstić information content (AvgIpc) is 2.82. The minimum absolute atomic E-state index is 0.0434. The van der Waals surface area contributed by atoms with Gasteiger partial charge in [0.15, 0.2) is 0 Å². The van der Waals surface area contributed by atoms with Crippen LogP contribution in [0, 0.1) is 18.3 Å². The van der Waals surface area contributed by atoms with Crippen molar-refractivity contribution in [2.45, 2.75) is 11.8 Å². The highest BCUT2D eigenvalue weighted by atomic mass is 35.5. The number of rotatable bonds is 5. The monoisotopic (exact) mass is 503 g/mol. The Morgan fingerprint density at radius 1 is 1.03 bits per heavy atom. The van der Waals surface area contributed by atoms with Crippen molar-refractivity contribution in [3.63, 3.8) is 0 Å². The number of hydrogen-bond donors (Lipinski definition) is 1. The van der Waals surface area contributed by atoms with E-state index in [0.29, 0.717) is 43.6 Å². The summed E-state index contributed by atoms with van der Waals surface area (Å²) in [5, 5.41) is 10.1. The number of aryl methyl sites for hydroxylation is 1. The summed E-state index contributed by atoms with van der Waals surface area (Å²) in [7, 11) is -3.95. The summed E-state index contributed by atoms with van der Waals surface area (Å²) in [4.78, 5) is 17.1. The van der Waals surface area contributed by atoms with Crippen molar-refractivity contribution in [1.29, 1.82) is 5.26 Å². The number of aromatic nitrogens is 3. The van der Waals surface area contributed by atoms with Gasteiger partial charge in [0.2, 0.25) is 5.95 Å². The van der Waals surface area contributed by atoms with Gasteiger partial charge in [-0.25, -0.2) is 23.4 Å². The minimum atomic E-state index is -3.95. The Bertz CT molecular complexity index is 1320. The molecule has 33 heavy (non-hydrogen) atoms. The fraction of sp³-hybridized carbons (Fsp3) is 0.238. The molecule has 0 amide bonds. The fourth-order valence-corrected chi connectivity index (χ4v) is 4.94. The number of nitrogens with zero attached hydrogens (tertiary/aromatic N) is 6. The highest BCUT2D eigenvalue weighted by Gasteiger charge is 2.24. The molecule has 1 aromatic carbocycles. The zero-order valence-electron chi connectivity index (χ0n) is 17.5. The predicted octanol–water partition coefficient (Wildman–Crippen LogP) is 3.49. The van der Waals surface area contributed by atoms with Crippen molar-refractivity contribution in [3.05, 3.63) is 64.0 Å². The fourth-order valence-electron chi connectivity index (χ4n) is 3.44. The van der Waals surface area contributed by atoms with E-state index in [-0.39, 0.29) is 26.2 Å². The van der Waals surface area contributed by atoms with Crippen LogP contribution in [0.1, 0.15) is 11.3 Å². The van der Waals surface area contributed by atoms with E-state index in [0.717, 1.165) is 0 Å². The molecule has 0 unspecified atom stereocenters. The van der Waals surface area contributed by atoms with Crippen LogP contribution < -0.4 is 14.5 Å². The normalized spacial score (nSPS) is 14.1. The Balaban J connectivity index is 1.55. The molecule has 2 aromatic heterocycles. The molecule has 12 heteroatoms. The molecule has 0 saturated carbocycles. The molecule has 1 aliphatic rings. The summed E-state index contributed by atoms with van der Waals surface area (Å²) in [6.45, 7) is 4.26. The number of benzene rings is 1. The lowest BCUT2D eigenvalue weighted by Gasteiger charge is -2.35. The van der Waals surface area contributed by atoms with Crippen molar-refractivity contribution in [2.24, 2.45) is 0 Å². The topological polar surface area (TPSA) is 115 Å². The van der Waals surface area contributed by atoms with E-state index < -0.39 is 10.0 Å². The number of sulfonamides is 1. The first-order valence-electron chi connectivity index (χ1n) is 9.95. The van der Waals surface area contributed by atoms with Crippen molar-refractivity contribution < 1.29 is 8.42 Å². The Hall–Kier alpha value is -3.13. The molecule has 0 atom stereocenters. The quantitative estimate of drug-likeness (QED) is 0.562. The van der Waals surface area contributed by atoms with Gasteiger partial charge < -0.3 is 9.80 Å². The molecule has 0 radical (unpaired) electrons. The van der Waals surface area contributed by atoms with Gasteiger partial charge >= 0.3 is 0 Å². The summed E-state index contributed by atoms with van der Waals surface area (Å²) < 4.78 is 28.1. The van der Waals surface area contributed by atoms with E-state index >= 15 is 0 Å². The summed E-state index contributed by atoms with van der Waals surface area (Å²) >= 11 is 11.8. The number of piperazine rings is 1. The van der Waals surface area contributed by atoms with E-state index in [2.05, 4.69) is 30.6 Å². The van der Waals surface area contributed by atoms with Crippen LogP contribution >= 0.6 is 23.2 Å². The molecule has 1 N–H and O–H groups in total. The van der Waals surface area contributed by atoms with Crippen LogP contribution in [0.5, 0.6) is 0 Å². The number of nitriles is 1. The van der Waals surface area contributed by atoms with Gasteiger partial charge in [0.1, 0.15) is 11.9 Å². The van der Waals surface area contributed by atoms with Gasteiger partial charge in [-0.3, -0.25) is 4.72 Å². The van der Waals surface area contributed by atoms with Crippen LogP contribution in [-0.4, -0.2) is 49.5 Å². The molecular weight excluding hydrogens is 485 g/mol. The Morgan fingerprint density at radius 2 is 1.70 bits per heavy atom. The third-order valence-corrected chi connectivity index (χ3v) is 7.28. The first kappa shape index (κ1) is 23.0. The van der Waals surface area contributed by atoms with E-state index in [1.165, 1.54) is 24.3 Å². The van der Waals surface area contributed by atoms with Crippen LogP contribution in [-0.2, 0) is 10.0 Å². The standard InChI is InChI=1S/C21H19Cl2N7O2S/c1-14-19(28-33(31,32)16-3-4-17(22)18(23)12-16)11-15(13-24)20(27-14)29-7-9-30(10-8-29)21-25-5-2-6-26-21/h2-6,11-12,28H,7-10H2,1H3. The van der Waals surface area contributed by atoms with E-state index in [4.69, 9.17) is 23.2 Å². The third kappa shape index (κ3) is 4.95. The highest BCUT2D eigenvalue weighted by Crippen LogP contribution is 2.29. The van der Waals surface area contributed by atoms with Crippen LogP contribution in [0.3, 0.4) is 0 Å². The molecule has 4 rings (SSSR count). The van der Waals surface area contributed by atoms with E-state index in [1.54, 1.807) is 25.4 Å². The van der Waals surface area contributed by atoms with Crippen molar-refractivity contribution in [1.82, 2.24) is 15.0 Å². The zero-order chi connectivity index (χ0) is 23.6. The van der Waals surface area contributed by atoms with E-state index in [9.17, 15) is 13.7 Å². The minimum Gasteiger partial charge on any atom is -0.352 e. The van der Waals surface area contributed by atoms with Crippen molar-refractivity contribution in [3.8, 4) is 6.07 Å². The van der Waals surface area contributed by atoms with E-state index in [1.807, 2.05) is 4.90 Å². The Labute approximate surface area is 201 Å². The molecule has 1 saturated heterocycles. The summed E-state index contributed by atoms with van der Waals surface area (Å²) in [6, 6.07) is 9.43. The van der Waals surface area contributed by atoms with Crippen LogP contribution in [0.15, 0.2) is 47.6 Å². The Kier molecular flexibility index (Phi) is 6.56. The predicted molar refractivity (Wildman–Crippen MR) is 127 cm³/mol. The van der Waals surface area contributed by atoms with Gasteiger partial charge in [-0.1, -0.05) is 23.2 Å². The molecule has 9 nitrogen and oxygen atoms in total. The number of anilines is 3. The van der Waals surface area contributed by atoms with Gasteiger partial charge in [-0.15, -0.1) is 0 Å². The first-order chi connectivity index (χ1) is 15.8. The molecule has 170 valence electrons. The lowest BCUT2D eigenvalue weighted by atomic mass is 10.2. The van der Waals surface area contributed by atoms with Gasteiger partial charge in [0.05, 0.1) is 31.9 Å². The van der Waals surface area contributed by atoms with Gasteiger partial charge in [-0.05, 0) is 37.3 Å². The molecule has 0 spiro atoms. The summed E-state index contributed by atoms with van der Waals surface area (Å²) in [5.41, 5.74) is 0.941. The second-order valence-electron chi connectivity index (χ2n) is 7.31. The average molecular weight is 504 g/mol. The highest BCUT2D eigenvalue weighted by molar-refractivity contribution is 7.92. The molecule has 1 aliphatic heterocycles. The number of halogens is 2. The molecule has 0 bridgehead atoms. The van der Waals surface area contributed by atoms with Crippen LogP contribution in [0.4, 0.5) is 17.5 Å². The zero-order valence-corrected chi connectivity index (χ0v) is 19.9. The SMILES string of the molecule is Cc1nc(N2CCN(c3ncccn3)CC2)c(C#N)cc1NS(=O)(=O)c1ccc(Cl)c(Cl)c1. The van der Waals surface area contributed by atoms with Crippen LogP contribution in [0.2, 0.25) is 10.0 Å². The maximum absolute atomic E-state index is 12.8. The molecular formula is C21H19Cl2N7O2S. The third-order valence-electron chi connectivity index (χ3n) is 5.17. The van der Waals surface area contributed by atoms with Crippen molar-refractivity contribution >= 4 is 50.7 Å². The van der Waals surface area contributed by atoms with Gasteiger partial charge in [-0.2, -0.15) is 5.26 Å². The van der Waals surface area contributed by atoms with Gasteiger partial charge in [0.25, 0.3) is 10.0 Å². The smallest absolute Gasteiger partial charge is 0.262 e. The van der Waals surface area contributed by atoms with Crippen molar-refractivity contribution in [2.75, 3.05) is 40.7 Å². The number of nitrogens with one attached hydrogen (secondary N) is 1. The lowest BCUT2D eigenvalue weighted by molar-refractivity contribution is 0.601. The molecule has 1 fully saturated rings. The maximum Gasteiger partial charge on any atom is 0.262 e. The number of pyridine rings is 1. The number of hydrogen-bond acceptors (Lipinski definition) is 8. The van der Waals surface area contributed by atoms with Crippen LogP contribution in [0.25, 0.3) is 0 Å². The second kappa shape index (κ2) is 9.39. The maximum atomic E-state index is 12.8. The summed E-state index contributed by atoms with van der Waals surface area (Å²) in [5.74, 6) is 1.18. The lowest BCUT2D eigenvalue weighted by Crippen LogP contribution is -2.47. The molecule has 3 aromatic rings. The summed E-state index contributed by atoms with van der Waals surface area (Å²) in [6.07, 6.45) is 3.40.